The molecule has 1 aliphatic rings. The van der Waals surface area contributed by atoms with E-state index in [1.807, 2.05) is 30.0 Å². The van der Waals surface area contributed by atoms with E-state index in [1.165, 1.54) is 0 Å². The van der Waals surface area contributed by atoms with Gasteiger partial charge in [0, 0.05) is 31.1 Å². The highest BCUT2D eigenvalue weighted by Crippen LogP contribution is 2.32. The fourth-order valence-electron chi connectivity index (χ4n) is 3.80. The summed E-state index contributed by atoms with van der Waals surface area (Å²) < 4.78 is 12.8. The molecule has 8 nitrogen and oxygen atoms in total. The molecule has 5 rings (SSSR count). The molecule has 0 bridgehead atoms. The average Bonchev–Trinajstić information content (AvgIpc) is 3.52. The van der Waals surface area contributed by atoms with Gasteiger partial charge in [-0.25, -0.2) is 0 Å². The molecule has 4 aromatic rings. The summed E-state index contributed by atoms with van der Waals surface area (Å²) in [6, 6.07) is 8.14. The van der Waals surface area contributed by atoms with Crippen molar-refractivity contribution in [1.82, 2.24) is 25.1 Å². The van der Waals surface area contributed by atoms with E-state index < -0.39 is 0 Å². The predicted molar refractivity (Wildman–Crippen MR) is 110 cm³/mol. The number of rotatable bonds is 5. The van der Waals surface area contributed by atoms with Crippen molar-refractivity contribution in [3.8, 4) is 11.3 Å². The molecule has 0 fully saturated rings. The summed E-state index contributed by atoms with van der Waals surface area (Å²) >= 11 is 0. The highest BCUT2D eigenvalue weighted by Gasteiger charge is 2.20. The van der Waals surface area contributed by atoms with Gasteiger partial charge in [0.15, 0.2) is 0 Å². The van der Waals surface area contributed by atoms with Gasteiger partial charge in [-0.1, -0.05) is 22.5 Å². The van der Waals surface area contributed by atoms with Crippen LogP contribution in [0.2, 0.25) is 0 Å². The number of carbonyl (C=O) groups excluding carboxylic acids is 1. The molecule has 4 heterocycles. The number of hydrogen-bond donors (Lipinski definition) is 0. The number of aryl methyl sites for hydroxylation is 2. The Morgan fingerprint density at radius 3 is 3.00 bits per heavy atom. The van der Waals surface area contributed by atoms with Crippen LogP contribution in [0.1, 0.15) is 24.2 Å². The maximum Gasteiger partial charge on any atom is 0.224 e. The fraction of sp³-hybridized carbons (Fsp3) is 0.273. The molecule has 0 spiro atoms. The third-order valence-electron chi connectivity index (χ3n) is 5.43. The molecular formula is C22H21N5O3. The van der Waals surface area contributed by atoms with Crippen LogP contribution < -0.4 is 0 Å². The molecule has 152 valence electrons. The van der Waals surface area contributed by atoms with Gasteiger partial charge in [0.2, 0.25) is 5.91 Å². The molecule has 0 saturated heterocycles. The minimum atomic E-state index is 0.130. The summed E-state index contributed by atoms with van der Waals surface area (Å²) in [7, 11) is 0. The summed E-state index contributed by atoms with van der Waals surface area (Å²) in [4.78, 5) is 14.6. The van der Waals surface area contributed by atoms with Crippen LogP contribution in [0.3, 0.4) is 0 Å². The summed E-state index contributed by atoms with van der Waals surface area (Å²) in [5.41, 5.74) is 3.92. The van der Waals surface area contributed by atoms with Gasteiger partial charge in [0.25, 0.3) is 0 Å². The van der Waals surface area contributed by atoms with Crippen LogP contribution in [0.25, 0.3) is 27.9 Å². The maximum atomic E-state index is 12.7. The number of fused-ring (bicyclic) bond motifs is 1. The first-order valence-electron chi connectivity index (χ1n) is 9.94. The molecule has 1 aliphatic heterocycles. The van der Waals surface area contributed by atoms with E-state index in [4.69, 9.17) is 8.94 Å². The molecule has 8 heteroatoms. The number of benzene rings is 1. The molecule has 30 heavy (non-hydrogen) atoms. The van der Waals surface area contributed by atoms with Crippen LogP contribution in [-0.4, -0.2) is 44.0 Å². The molecule has 1 aromatic carbocycles. The van der Waals surface area contributed by atoms with Crippen molar-refractivity contribution >= 4 is 22.4 Å². The van der Waals surface area contributed by atoms with Crippen LogP contribution in [0.15, 0.2) is 57.9 Å². The summed E-state index contributed by atoms with van der Waals surface area (Å²) in [6.07, 6.45) is 8.53. The third kappa shape index (κ3) is 3.52. The Balaban J connectivity index is 1.32. The summed E-state index contributed by atoms with van der Waals surface area (Å²) in [5.74, 6) is 1.60. The van der Waals surface area contributed by atoms with Crippen molar-refractivity contribution < 1.29 is 13.7 Å². The zero-order chi connectivity index (χ0) is 20.5. The van der Waals surface area contributed by atoms with Gasteiger partial charge in [-0.2, -0.15) is 0 Å². The van der Waals surface area contributed by atoms with Crippen molar-refractivity contribution in [3.05, 3.63) is 60.3 Å². The lowest BCUT2D eigenvalue weighted by Gasteiger charge is -2.27. The van der Waals surface area contributed by atoms with Gasteiger partial charge >= 0.3 is 0 Å². The Morgan fingerprint density at radius 2 is 2.20 bits per heavy atom. The Labute approximate surface area is 172 Å². The topological polar surface area (TPSA) is 90.2 Å². The minimum Gasteiger partial charge on any atom is -0.456 e. The minimum absolute atomic E-state index is 0.130. The van der Waals surface area contributed by atoms with E-state index in [9.17, 15) is 4.79 Å². The Hall–Kier alpha value is -3.68. The highest BCUT2D eigenvalue weighted by atomic mass is 16.5. The Kier molecular flexibility index (Phi) is 4.66. The normalized spacial score (nSPS) is 14.3. The van der Waals surface area contributed by atoms with Crippen molar-refractivity contribution in [2.24, 2.45) is 0 Å². The second-order valence-corrected chi connectivity index (χ2v) is 7.41. The first-order valence-corrected chi connectivity index (χ1v) is 9.94. The van der Waals surface area contributed by atoms with Gasteiger partial charge < -0.3 is 13.8 Å². The van der Waals surface area contributed by atoms with Crippen LogP contribution in [0, 0.1) is 6.92 Å². The molecule has 0 atom stereocenters. The molecule has 0 radical (unpaired) electrons. The molecule has 0 aliphatic carbocycles. The standard InChI is InChI=1S/C22H21N5O3/c1-15-19(13-24-30-15)21-12-18-11-16(4-5-20(18)29-21)17-3-2-8-26(14-17)22(28)6-9-27-10-7-23-25-27/h3-5,7,10-13H,2,6,8-9,14H2,1H3. The number of amides is 1. The number of aromatic nitrogens is 4. The van der Waals surface area contributed by atoms with Gasteiger partial charge in [-0.05, 0) is 42.7 Å². The van der Waals surface area contributed by atoms with E-state index in [-0.39, 0.29) is 5.91 Å². The molecule has 0 unspecified atom stereocenters. The molecule has 0 saturated carbocycles. The van der Waals surface area contributed by atoms with Crippen LogP contribution in [-0.2, 0) is 11.3 Å². The first-order chi connectivity index (χ1) is 14.7. The zero-order valence-corrected chi connectivity index (χ0v) is 16.6. The zero-order valence-electron chi connectivity index (χ0n) is 16.6. The second kappa shape index (κ2) is 7.62. The fourth-order valence-corrected chi connectivity index (χ4v) is 3.80. The molecule has 1 amide bonds. The average molecular weight is 403 g/mol. The smallest absolute Gasteiger partial charge is 0.224 e. The lowest BCUT2D eigenvalue weighted by atomic mass is 9.99. The number of hydrogen-bond acceptors (Lipinski definition) is 6. The third-order valence-corrected chi connectivity index (χ3v) is 5.43. The van der Waals surface area contributed by atoms with Crippen molar-refractivity contribution in [2.45, 2.75) is 26.3 Å². The number of furan rings is 1. The molecule has 0 N–H and O–H groups in total. The first kappa shape index (κ1) is 18.4. The van der Waals surface area contributed by atoms with Gasteiger partial charge in [-0.3, -0.25) is 9.48 Å². The van der Waals surface area contributed by atoms with Gasteiger partial charge in [-0.15, -0.1) is 5.10 Å². The van der Waals surface area contributed by atoms with Crippen molar-refractivity contribution in [1.29, 1.82) is 0 Å². The number of nitrogens with zero attached hydrogens (tertiary/aromatic N) is 5. The lowest BCUT2D eigenvalue weighted by molar-refractivity contribution is -0.131. The van der Waals surface area contributed by atoms with Crippen LogP contribution in [0.4, 0.5) is 0 Å². The van der Waals surface area contributed by atoms with Crippen molar-refractivity contribution in [2.75, 3.05) is 13.1 Å². The number of carbonyl (C=O) groups is 1. The monoisotopic (exact) mass is 403 g/mol. The van der Waals surface area contributed by atoms with E-state index in [2.05, 4.69) is 27.6 Å². The molecule has 3 aromatic heterocycles. The Bertz CT molecular complexity index is 1220. The van der Waals surface area contributed by atoms with Gasteiger partial charge in [0.1, 0.15) is 17.1 Å². The van der Waals surface area contributed by atoms with Gasteiger partial charge in [0.05, 0.1) is 24.5 Å². The van der Waals surface area contributed by atoms with Crippen molar-refractivity contribution in [3.63, 3.8) is 0 Å². The quantitative estimate of drug-likeness (QED) is 0.505. The van der Waals surface area contributed by atoms with E-state index in [0.717, 1.165) is 52.2 Å². The van der Waals surface area contributed by atoms with E-state index in [1.54, 1.807) is 23.3 Å². The molecular weight excluding hydrogens is 382 g/mol. The maximum absolute atomic E-state index is 12.7. The van der Waals surface area contributed by atoms with E-state index >= 15 is 0 Å². The SMILES string of the molecule is Cc1oncc1-c1cc2cc(C3=CCCN(C(=O)CCn4ccnn4)C3)ccc2o1. The van der Waals surface area contributed by atoms with E-state index in [0.29, 0.717) is 19.5 Å². The van der Waals surface area contributed by atoms with Crippen LogP contribution >= 0.6 is 0 Å². The second-order valence-electron chi connectivity index (χ2n) is 7.41. The largest absolute Gasteiger partial charge is 0.456 e. The highest BCUT2D eigenvalue weighted by molar-refractivity contribution is 5.87. The van der Waals surface area contributed by atoms with Crippen LogP contribution in [0.5, 0.6) is 0 Å². The predicted octanol–water partition coefficient (Wildman–Crippen LogP) is 3.69. The lowest BCUT2D eigenvalue weighted by Crippen LogP contribution is -2.35. The Morgan fingerprint density at radius 1 is 1.27 bits per heavy atom. The summed E-state index contributed by atoms with van der Waals surface area (Å²) in [5, 5.41) is 12.5. The summed E-state index contributed by atoms with van der Waals surface area (Å²) in [6.45, 7) is 3.75.